The third-order valence-corrected chi connectivity index (χ3v) is 2.54. The highest BCUT2D eigenvalue weighted by Crippen LogP contribution is 2.18. The first-order valence-electron chi connectivity index (χ1n) is 2.54. The zero-order valence-corrected chi connectivity index (χ0v) is 7.06. The number of alkyl halides is 2. The van der Waals surface area contributed by atoms with Crippen LogP contribution in [0, 0.1) is 0 Å². The summed E-state index contributed by atoms with van der Waals surface area (Å²) in [5.74, 6) is 1.15. The second-order valence-electron chi connectivity index (χ2n) is 1.69. The molecule has 0 saturated heterocycles. The van der Waals surface area contributed by atoms with Crippen LogP contribution < -0.4 is 0 Å². The van der Waals surface area contributed by atoms with E-state index in [0.29, 0.717) is 11.8 Å². The van der Waals surface area contributed by atoms with Crippen molar-refractivity contribution >= 4 is 34.5 Å². The van der Waals surface area contributed by atoms with Crippen molar-refractivity contribution in [3.63, 3.8) is 0 Å². The molecular formula is C6H6Cl2S. The van der Waals surface area contributed by atoms with Gasteiger partial charge in [0.2, 0.25) is 0 Å². The van der Waals surface area contributed by atoms with Gasteiger partial charge in [-0.05, 0) is 21.9 Å². The van der Waals surface area contributed by atoms with Gasteiger partial charge in [-0.2, -0.15) is 11.3 Å². The minimum absolute atomic E-state index is 0.575. The summed E-state index contributed by atoms with van der Waals surface area (Å²) in [5, 5.41) is 4.06. The van der Waals surface area contributed by atoms with E-state index in [1.165, 1.54) is 0 Å². The molecule has 0 atom stereocenters. The maximum Gasteiger partial charge on any atom is 0.0485 e. The van der Waals surface area contributed by atoms with Gasteiger partial charge in [0.05, 0.1) is 0 Å². The summed E-state index contributed by atoms with van der Waals surface area (Å²) in [4.78, 5) is 0. The van der Waals surface area contributed by atoms with Crippen LogP contribution in [0.15, 0.2) is 10.8 Å². The van der Waals surface area contributed by atoms with Crippen molar-refractivity contribution in [2.75, 3.05) is 0 Å². The van der Waals surface area contributed by atoms with Crippen molar-refractivity contribution in [1.82, 2.24) is 0 Å². The summed E-state index contributed by atoms with van der Waals surface area (Å²) in [6.45, 7) is 0. The Balaban J connectivity index is 2.85. The highest BCUT2D eigenvalue weighted by Gasteiger charge is 1.98. The Morgan fingerprint density at radius 2 is 1.56 bits per heavy atom. The van der Waals surface area contributed by atoms with Crippen LogP contribution in [0.25, 0.3) is 0 Å². The molecule has 0 aliphatic heterocycles. The minimum Gasteiger partial charge on any atom is -0.152 e. The van der Waals surface area contributed by atoms with Crippen molar-refractivity contribution in [3.8, 4) is 0 Å². The van der Waals surface area contributed by atoms with Gasteiger partial charge in [-0.15, -0.1) is 23.2 Å². The Morgan fingerprint density at radius 3 is 1.89 bits per heavy atom. The maximum absolute atomic E-state index is 5.60. The normalized spacial score (nSPS) is 10.0. The summed E-state index contributed by atoms with van der Waals surface area (Å²) >= 11 is 12.8. The Kier molecular flexibility index (Phi) is 2.83. The van der Waals surface area contributed by atoms with E-state index < -0.39 is 0 Å². The molecule has 0 fully saturated rings. The average Bonchev–Trinajstić information content (AvgIpc) is 2.33. The molecule has 0 amide bonds. The Morgan fingerprint density at radius 1 is 1.11 bits per heavy atom. The molecule has 1 aromatic heterocycles. The van der Waals surface area contributed by atoms with Crippen LogP contribution in [0.5, 0.6) is 0 Å². The first-order valence-corrected chi connectivity index (χ1v) is 4.55. The maximum atomic E-state index is 5.60. The van der Waals surface area contributed by atoms with E-state index in [4.69, 9.17) is 23.2 Å². The Hall–Kier alpha value is 0.280. The first kappa shape index (κ1) is 7.39. The van der Waals surface area contributed by atoms with Gasteiger partial charge in [0.1, 0.15) is 0 Å². The Bertz CT molecular complexity index is 164. The van der Waals surface area contributed by atoms with E-state index in [0.717, 1.165) is 11.1 Å². The van der Waals surface area contributed by atoms with Gasteiger partial charge >= 0.3 is 0 Å². The van der Waals surface area contributed by atoms with Crippen molar-refractivity contribution in [2.24, 2.45) is 0 Å². The van der Waals surface area contributed by atoms with Gasteiger partial charge < -0.3 is 0 Å². The molecule has 50 valence electrons. The van der Waals surface area contributed by atoms with Gasteiger partial charge in [0.15, 0.2) is 0 Å². The van der Waals surface area contributed by atoms with E-state index >= 15 is 0 Å². The molecule has 0 saturated carbocycles. The van der Waals surface area contributed by atoms with Crippen LogP contribution in [0.3, 0.4) is 0 Å². The molecule has 3 heteroatoms. The summed E-state index contributed by atoms with van der Waals surface area (Å²) in [6, 6.07) is 0. The van der Waals surface area contributed by atoms with Crippen LogP contribution in [0.2, 0.25) is 0 Å². The highest BCUT2D eigenvalue weighted by atomic mass is 35.5. The average molecular weight is 181 g/mol. The molecule has 0 aromatic carbocycles. The molecule has 0 radical (unpaired) electrons. The van der Waals surface area contributed by atoms with E-state index in [9.17, 15) is 0 Å². The predicted octanol–water partition coefficient (Wildman–Crippen LogP) is 3.23. The van der Waals surface area contributed by atoms with Crippen LogP contribution in [-0.4, -0.2) is 0 Å². The van der Waals surface area contributed by atoms with Crippen molar-refractivity contribution in [2.45, 2.75) is 11.8 Å². The van der Waals surface area contributed by atoms with E-state index in [2.05, 4.69) is 0 Å². The van der Waals surface area contributed by atoms with Crippen molar-refractivity contribution < 1.29 is 0 Å². The topological polar surface area (TPSA) is 0 Å². The smallest absolute Gasteiger partial charge is 0.0485 e. The number of halogens is 2. The number of rotatable bonds is 2. The van der Waals surface area contributed by atoms with Crippen LogP contribution in [-0.2, 0) is 11.8 Å². The molecule has 0 nitrogen and oxygen atoms in total. The largest absolute Gasteiger partial charge is 0.152 e. The van der Waals surface area contributed by atoms with E-state index in [1.807, 2.05) is 10.8 Å². The van der Waals surface area contributed by atoms with Crippen LogP contribution >= 0.6 is 34.5 Å². The molecule has 9 heavy (non-hydrogen) atoms. The molecule has 0 bridgehead atoms. The molecule has 0 aliphatic rings. The SMILES string of the molecule is ClCc1cscc1CCl. The molecule has 0 unspecified atom stereocenters. The lowest BCUT2D eigenvalue weighted by Gasteiger charge is -1.90. The third-order valence-electron chi connectivity index (χ3n) is 1.12. The second kappa shape index (κ2) is 3.45. The zero-order valence-electron chi connectivity index (χ0n) is 4.73. The van der Waals surface area contributed by atoms with Gasteiger partial charge in [-0.25, -0.2) is 0 Å². The quantitative estimate of drug-likeness (QED) is 0.614. The standard InChI is InChI=1S/C6H6Cl2S/c7-1-5-3-9-4-6(5)2-8/h3-4H,1-2H2. The molecule has 0 N–H and O–H groups in total. The Labute approximate surface area is 68.4 Å². The van der Waals surface area contributed by atoms with E-state index in [-0.39, 0.29) is 0 Å². The lowest BCUT2D eigenvalue weighted by Crippen LogP contribution is -1.78. The van der Waals surface area contributed by atoms with Gasteiger partial charge in [-0.1, -0.05) is 0 Å². The predicted molar refractivity (Wildman–Crippen MR) is 43.4 cm³/mol. The fourth-order valence-corrected chi connectivity index (χ4v) is 2.13. The molecule has 0 aliphatic carbocycles. The van der Waals surface area contributed by atoms with Gasteiger partial charge in [0, 0.05) is 11.8 Å². The number of hydrogen-bond acceptors (Lipinski definition) is 1. The lowest BCUT2D eigenvalue weighted by atomic mass is 10.2. The zero-order chi connectivity index (χ0) is 6.69. The van der Waals surface area contributed by atoms with Crippen LogP contribution in [0.4, 0.5) is 0 Å². The molecule has 1 heterocycles. The van der Waals surface area contributed by atoms with Crippen molar-refractivity contribution in [1.29, 1.82) is 0 Å². The fraction of sp³-hybridized carbons (Fsp3) is 0.333. The number of hydrogen-bond donors (Lipinski definition) is 0. The highest BCUT2D eigenvalue weighted by molar-refractivity contribution is 7.08. The monoisotopic (exact) mass is 180 g/mol. The summed E-state index contributed by atoms with van der Waals surface area (Å²) in [5.41, 5.74) is 2.33. The second-order valence-corrected chi connectivity index (χ2v) is 2.97. The molecule has 0 spiro atoms. The summed E-state index contributed by atoms with van der Waals surface area (Å²) in [6.07, 6.45) is 0. The molecular weight excluding hydrogens is 175 g/mol. The van der Waals surface area contributed by atoms with Crippen LogP contribution in [0.1, 0.15) is 11.1 Å². The lowest BCUT2D eigenvalue weighted by molar-refractivity contribution is 1.32. The fourth-order valence-electron chi connectivity index (χ4n) is 0.584. The minimum atomic E-state index is 0.575. The molecule has 1 rings (SSSR count). The van der Waals surface area contributed by atoms with Gasteiger partial charge in [-0.3, -0.25) is 0 Å². The molecule has 1 aromatic rings. The summed E-state index contributed by atoms with van der Waals surface area (Å²) < 4.78 is 0. The van der Waals surface area contributed by atoms with E-state index in [1.54, 1.807) is 11.3 Å². The first-order chi connectivity index (χ1) is 4.38. The summed E-state index contributed by atoms with van der Waals surface area (Å²) in [7, 11) is 0. The van der Waals surface area contributed by atoms with Gasteiger partial charge in [0.25, 0.3) is 0 Å². The third kappa shape index (κ3) is 1.60. The number of thiophene rings is 1. The van der Waals surface area contributed by atoms with Crippen molar-refractivity contribution in [3.05, 3.63) is 21.9 Å².